The average Bonchev–Trinajstić information content (AvgIpc) is 2.83. The van der Waals surface area contributed by atoms with Crippen LogP contribution in [0.2, 0.25) is 0 Å². The van der Waals surface area contributed by atoms with Gasteiger partial charge in [-0.3, -0.25) is 4.68 Å². The van der Waals surface area contributed by atoms with Crippen LogP contribution in [0.3, 0.4) is 0 Å². The van der Waals surface area contributed by atoms with E-state index in [9.17, 15) is 0 Å². The third-order valence-corrected chi connectivity index (χ3v) is 3.46. The average molecular weight is 193 g/mol. The van der Waals surface area contributed by atoms with Crippen LogP contribution in [-0.2, 0) is 6.54 Å². The summed E-state index contributed by atoms with van der Waals surface area (Å²) < 4.78 is 2.09. The van der Waals surface area contributed by atoms with Crippen molar-refractivity contribution in [1.82, 2.24) is 9.78 Å². The van der Waals surface area contributed by atoms with Crippen LogP contribution in [0.4, 0.5) is 0 Å². The van der Waals surface area contributed by atoms with E-state index in [1.54, 1.807) is 0 Å². The maximum Gasteiger partial charge on any atom is 0.0625 e. The molecule has 0 aliphatic heterocycles. The van der Waals surface area contributed by atoms with Gasteiger partial charge in [0.05, 0.1) is 5.69 Å². The third-order valence-electron chi connectivity index (χ3n) is 3.46. The van der Waals surface area contributed by atoms with E-state index in [1.807, 2.05) is 0 Å². The minimum Gasteiger partial charge on any atom is -0.325 e. The largest absolute Gasteiger partial charge is 0.325 e. The highest BCUT2D eigenvalue weighted by Gasteiger charge is 2.37. The van der Waals surface area contributed by atoms with Crippen LogP contribution in [0, 0.1) is 20.8 Å². The van der Waals surface area contributed by atoms with Crippen molar-refractivity contribution in [2.75, 3.05) is 0 Å². The number of nitrogens with zero attached hydrogens (tertiary/aromatic N) is 2. The van der Waals surface area contributed by atoms with Crippen molar-refractivity contribution < 1.29 is 0 Å². The number of hydrogen-bond donors (Lipinski definition) is 1. The fraction of sp³-hybridized carbons (Fsp3) is 0.727. The molecule has 0 amide bonds. The molecule has 1 aromatic heterocycles. The van der Waals surface area contributed by atoms with Gasteiger partial charge in [-0.1, -0.05) is 0 Å². The molecule has 1 aliphatic carbocycles. The number of aromatic nitrogens is 2. The molecule has 14 heavy (non-hydrogen) atoms. The Morgan fingerprint density at radius 2 is 2.00 bits per heavy atom. The number of rotatable bonds is 3. The lowest BCUT2D eigenvalue weighted by molar-refractivity contribution is 0.491. The molecule has 1 heterocycles. The summed E-state index contributed by atoms with van der Waals surface area (Å²) in [6.07, 6.45) is 3.44. The molecule has 3 heteroatoms. The summed E-state index contributed by atoms with van der Waals surface area (Å²) in [6.45, 7) is 7.29. The summed E-state index contributed by atoms with van der Waals surface area (Å²) >= 11 is 0. The van der Waals surface area contributed by atoms with Gasteiger partial charge in [-0.2, -0.15) is 5.10 Å². The molecular formula is C11H19N3. The SMILES string of the molecule is Cc1nn(CCC2(N)CC2)c(C)c1C. The zero-order valence-electron chi connectivity index (χ0n) is 9.30. The zero-order valence-corrected chi connectivity index (χ0v) is 9.30. The highest BCUT2D eigenvalue weighted by atomic mass is 15.3. The predicted molar refractivity (Wildman–Crippen MR) is 57.2 cm³/mol. The van der Waals surface area contributed by atoms with Crippen molar-refractivity contribution in [3.05, 3.63) is 17.0 Å². The maximum atomic E-state index is 6.05. The monoisotopic (exact) mass is 193 g/mol. The molecular weight excluding hydrogens is 174 g/mol. The fourth-order valence-corrected chi connectivity index (χ4v) is 1.74. The summed E-state index contributed by atoms with van der Waals surface area (Å²) in [6, 6.07) is 0. The molecule has 0 aromatic carbocycles. The van der Waals surface area contributed by atoms with Crippen LogP contribution in [0.25, 0.3) is 0 Å². The fourth-order valence-electron chi connectivity index (χ4n) is 1.74. The van der Waals surface area contributed by atoms with E-state index in [4.69, 9.17) is 5.73 Å². The van der Waals surface area contributed by atoms with Crippen LogP contribution >= 0.6 is 0 Å². The molecule has 1 fully saturated rings. The summed E-state index contributed by atoms with van der Waals surface area (Å²) in [7, 11) is 0. The zero-order chi connectivity index (χ0) is 10.3. The smallest absolute Gasteiger partial charge is 0.0625 e. The van der Waals surface area contributed by atoms with Crippen LogP contribution in [-0.4, -0.2) is 15.3 Å². The van der Waals surface area contributed by atoms with Crippen LogP contribution in [0.5, 0.6) is 0 Å². The molecule has 0 bridgehead atoms. The number of nitrogens with two attached hydrogens (primary N) is 1. The molecule has 78 valence electrons. The predicted octanol–water partition coefficient (Wildman–Crippen LogP) is 1.69. The molecule has 1 aliphatic rings. The Morgan fingerprint density at radius 3 is 2.43 bits per heavy atom. The molecule has 2 N–H and O–H groups in total. The molecule has 0 atom stereocenters. The molecule has 3 nitrogen and oxygen atoms in total. The Balaban J connectivity index is 2.05. The maximum absolute atomic E-state index is 6.05. The van der Waals surface area contributed by atoms with E-state index in [1.165, 1.54) is 24.1 Å². The lowest BCUT2D eigenvalue weighted by Gasteiger charge is -2.09. The number of hydrogen-bond acceptors (Lipinski definition) is 2. The Labute approximate surface area is 85.3 Å². The Hall–Kier alpha value is -0.830. The Morgan fingerprint density at radius 1 is 1.36 bits per heavy atom. The van der Waals surface area contributed by atoms with Gasteiger partial charge in [0.15, 0.2) is 0 Å². The van der Waals surface area contributed by atoms with E-state index in [0.717, 1.165) is 18.7 Å². The minimum atomic E-state index is 0.139. The second kappa shape index (κ2) is 3.09. The van der Waals surface area contributed by atoms with Crippen molar-refractivity contribution >= 4 is 0 Å². The molecule has 0 unspecified atom stereocenters. The standard InChI is InChI=1S/C11H19N3/c1-8-9(2)13-14(10(8)3)7-6-11(12)4-5-11/h4-7,12H2,1-3H3. The van der Waals surface area contributed by atoms with Crippen LogP contribution in [0.1, 0.15) is 36.2 Å². The first kappa shape index (κ1) is 9.71. The Bertz CT molecular complexity index is 348. The summed E-state index contributed by atoms with van der Waals surface area (Å²) in [5.74, 6) is 0. The number of aryl methyl sites for hydroxylation is 2. The molecule has 1 saturated carbocycles. The van der Waals surface area contributed by atoms with Gasteiger partial charge in [-0.25, -0.2) is 0 Å². The van der Waals surface area contributed by atoms with Crippen molar-refractivity contribution in [3.63, 3.8) is 0 Å². The first-order valence-electron chi connectivity index (χ1n) is 5.31. The second-order valence-electron chi connectivity index (χ2n) is 4.63. The third kappa shape index (κ3) is 1.69. The highest BCUT2D eigenvalue weighted by Crippen LogP contribution is 2.35. The topological polar surface area (TPSA) is 43.8 Å². The van der Waals surface area contributed by atoms with Gasteiger partial charge >= 0.3 is 0 Å². The normalized spacial score (nSPS) is 18.6. The minimum absolute atomic E-state index is 0.139. The van der Waals surface area contributed by atoms with Crippen LogP contribution in [0.15, 0.2) is 0 Å². The van der Waals surface area contributed by atoms with Gasteiger partial charge in [0.25, 0.3) is 0 Å². The first-order chi connectivity index (χ1) is 6.52. The Kier molecular flexibility index (Phi) is 2.14. The lowest BCUT2D eigenvalue weighted by Crippen LogP contribution is -2.24. The van der Waals surface area contributed by atoms with Gasteiger partial charge in [0.1, 0.15) is 0 Å². The summed E-state index contributed by atoms with van der Waals surface area (Å²) in [5, 5.41) is 4.50. The van der Waals surface area contributed by atoms with E-state index < -0.39 is 0 Å². The van der Waals surface area contributed by atoms with Gasteiger partial charge in [-0.05, 0) is 45.6 Å². The molecule has 2 rings (SSSR count). The van der Waals surface area contributed by atoms with E-state index >= 15 is 0 Å². The molecule has 0 saturated heterocycles. The lowest BCUT2D eigenvalue weighted by atomic mass is 10.2. The molecule has 0 radical (unpaired) electrons. The summed E-state index contributed by atoms with van der Waals surface area (Å²) in [4.78, 5) is 0. The van der Waals surface area contributed by atoms with Crippen molar-refractivity contribution in [2.45, 2.75) is 52.1 Å². The van der Waals surface area contributed by atoms with Crippen molar-refractivity contribution in [3.8, 4) is 0 Å². The van der Waals surface area contributed by atoms with Gasteiger partial charge in [0.2, 0.25) is 0 Å². The quantitative estimate of drug-likeness (QED) is 0.794. The van der Waals surface area contributed by atoms with Crippen molar-refractivity contribution in [1.29, 1.82) is 0 Å². The van der Waals surface area contributed by atoms with E-state index in [-0.39, 0.29) is 5.54 Å². The highest BCUT2D eigenvalue weighted by molar-refractivity contribution is 5.22. The second-order valence-corrected chi connectivity index (χ2v) is 4.63. The van der Waals surface area contributed by atoms with Gasteiger partial charge in [-0.15, -0.1) is 0 Å². The van der Waals surface area contributed by atoms with Gasteiger partial charge < -0.3 is 5.73 Å². The van der Waals surface area contributed by atoms with E-state index in [2.05, 4.69) is 30.6 Å². The first-order valence-corrected chi connectivity index (χ1v) is 5.31. The van der Waals surface area contributed by atoms with E-state index in [0.29, 0.717) is 0 Å². The van der Waals surface area contributed by atoms with Crippen LogP contribution < -0.4 is 5.73 Å². The summed E-state index contributed by atoms with van der Waals surface area (Å²) in [5.41, 5.74) is 9.93. The molecule has 1 aromatic rings. The molecule has 0 spiro atoms. The van der Waals surface area contributed by atoms with Crippen molar-refractivity contribution in [2.24, 2.45) is 5.73 Å². The van der Waals surface area contributed by atoms with Gasteiger partial charge in [0, 0.05) is 17.8 Å².